The van der Waals surface area contributed by atoms with E-state index in [0.29, 0.717) is 38.5 Å². The predicted octanol–water partition coefficient (Wildman–Crippen LogP) is 2.65. The summed E-state index contributed by atoms with van der Waals surface area (Å²) in [4.78, 5) is 16.8. The summed E-state index contributed by atoms with van der Waals surface area (Å²) in [6, 6.07) is 15.1. The van der Waals surface area contributed by atoms with E-state index in [0.717, 1.165) is 28.6 Å². The van der Waals surface area contributed by atoms with Crippen LogP contribution in [0, 0.1) is 0 Å². The Bertz CT molecular complexity index is 1030. The maximum Gasteiger partial charge on any atom is 0.251 e. The maximum atomic E-state index is 12.3. The van der Waals surface area contributed by atoms with Crippen molar-refractivity contribution in [3.05, 3.63) is 66.1 Å². The lowest BCUT2D eigenvalue weighted by Gasteiger charge is -2.26. The van der Waals surface area contributed by atoms with E-state index in [9.17, 15) is 4.79 Å². The molecule has 148 valence electrons. The van der Waals surface area contributed by atoms with Crippen molar-refractivity contribution in [2.24, 2.45) is 0 Å². The van der Waals surface area contributed by atoms with E-state index in [1.807, 2.05) is 42.6 Å². The number of fused-ring (bicyclic) bond motifs is 2. The van der Waals surface area contributed by atoms with Crippen molar-refractivity contribution >= 4 is 5.91 Å². The van der Waals surface area contributed by atoms with Crippen LogP contribution in [0.3, 0.4) is 0 Å². The molecule has 0 saturated carbocycles. The van der Waals surface area contributed by atoms with Crippen molar-refractivity contribution in [1.82, 2.24) is 14.9 Å². The highest BCUT2D eigenvalue weighted by Crippen LogP contribution is 2.35. The van der Waals surface area contributed by atoms with Gasteiger partial charge in [0.05, 0.1) is 24.5 Å². The van der Waals surface area contributed by atoms with E-state index < -0.39 is 0 Å². The molecule has 2 aliphatic rings. The van der Waals surface area contributed by atoms with Gasteiger partial charge in [-0.05, 0) is 30.3 Å². The van der Waals surface area contributed by atoms with Gasteiger partial charge in [-0.2, -0.15) is 0 Å². The number of nitrogens with one attached hydrogen (secondary N) is 1. The van der Waals surface area contributed by atoms with Gasteiger partial charge in [0, 0.05) is 17.7 Å². The minimum Gasteiger partial charge on any atom is -0.486 e. The van der Waals surface area contributed by atoms with Gasteiger partial charge in [0.15, 0.2) is 11.5 Å². The summed E-state index contributed by atoms with van der Waals surface area (Å²) < 4.78 is 19.4. The van der Waals surface area contributed by atoms with Crippen LogP contribution >= 0.6 is 0 Å². The number of hydrogen-bond acceptors (Lipinski definition) is 5. The van der Waals surface area contributed by atoms with E-state index in [4.69, 9.17) is 14.2 Å². The molecule has 2 aliphatic heterocycles. The van der Waals surface area contributed by atoms with Crippen LogP contribution in [0.4, 0.5) is 0 Å². The summed E-state index contributed by atoms with van der Waals surface area (Å²) in [6.45, 7) is 2.59. The Kier molecular flexibility index (Phi) is 4.65. The van der Waals surface area contributed by atoms with Crippen LogP contribution in [-0.4, -0.2) is 41.3 Å². The number of ether oxygens (including phenoxy) is 3. The van der Waals surface area contributed by atoms with Gasteiger partial charge in [-0.3, -0.25) is 4.79 Å². The molecule has 0 aliphatic carbocycles. The molecule has 0 spiro atoms. The van der Waals surface area contributed by atoms with Crippen molar-refractivity contribution in [3.8, 4) is 22.8 Å². The predicted molar refractivity (Wildman–Crippen MR) is 106 cm³/mol. The number of rotatable bonds is 4. The van der Waals surface area contributed by atoms with E-state index in [1.54, 1.807) is 12.1 Å². The molecule has 0 unspecified atom stereocenters. The van der Waals surface area contributed by atoms with Crippen LogP contribution in [0.25, 0.3) is 11.3 Å². The quantitative estimate of drug-likeness (QED) is 0.740. The SMILES string of the molecule is O=C(NC[C@H]1Cn2c(-c3ccc4c(c3)OCCO4)cnc2CO1)c1ccccc1. The van der Waals surface area contributed by atoms with Gasteiger partial charge in [0.1, 0.15) is 25.6 Å². The largest absolute Gasteiger partial charge is 0.486 e. The van der Waals surface area contributed by atoms with Gasteiger partial charge in [-0.15, -0.1) is 0 Å². The van der Waals surface area contributed by atoms with Gasteiger partial charge in [-0.25, -0.2) is 4.98 Å². The van der Waals surface area contributed by atoms with Crippen LogP contribution in [0.1, 0.15) is 16.2 Å². The third kappa shape index (κ3) is 3.56. The highest BCUT2D eigenvalue weighted by atomic mass is 16.6. The van der Waals surface area contributed by atoms with Crippen LogP contribution in [0.15, 0.2) is 54.7 Å². The molecule has 29 heavy (non-hydrogen) atoms. The number of carbonyl (C=O) groups is 1. The van der Waals surface area contributed by atoms with Crippen LogP contribution in [0.5, 0.6) is 11.5 Å². The van der Waals surface area contributed by atoms with Crippen molar-refractivity contribution in [1.29, 1.82) is 0 Å². The van der Waals surface area contributed by atoms with E-state index in [-0.39, 0.29) is 12.0 Å². The van der Waals surface area contributed by atoms with Gasteiger partial charge >= 0.3 is 0 Å². The van der Waals surface area contributed by atoms with Crippen molar-refractivity contribution in [2.75, 3.05) is 19.8 Å². The van der Waals surface area contributed by atoms with Crippen LogP contribution < -0.4 is 14.8 Å². The first kappa shape index (κ1) is 17.8. The second kappa shape index (κ2) is 7.60. The molecule has 5 rings (SSSR count). The zero-order valence-electron chi connectivity index (χ0n) is 15.8. The average Bonchev–Trinajstić information content (AvgIpc) is 3.21. The molecule has 7 heteroatoms. The summed E-state index contributed by atoms with van der Waals surface area (Å²) in [5, 5.41) is 2.96. The highest BCUT2D eigenvalue weighted by molar-refractivity contribution is 5.94. The molecular weight excluding hydrogens is 370 g/mol. The Morgan fingerprint density at radius 1 is 1.10 bits per heavy atom. The lowest BCUT2D eigenvalue weighted by molar-refractivity contribution is 0.00374. The van der Waals surface area contributed by atoms with Crippen LogP contribution in [0.2, 0.25) is 0 Å². The van der Waals surface area contributed by atoms with Crippen molar-refractivity contribution in [3.63, 3.8) is 0 Å². The van der Waals surface area contributed by atoms with Gasteiger partial charge in [-0.1, -0.05) is 18.2 Å². The molecule has 0 radical (unpaired) electrons. The third-order valence-corrected chi connectivity index (χ3v) is 5.14. The highest BCUT2D eigenvalue weighted by Gasteiger charge is 2.24. The topological polar surface area (TPSA) is 74.6 Å². The molecular formula is C22H21N3O4. The number of hydrogen-bond donors (Lipinski definition) is 1. The minimum absolute atomic E-state index is 0.0994. The Labute approximate surface area is 168 Å². The average molecular weight is 391 g/mol. The summed E-state index contributed by atoms with van der Waals surface area (Å²) in [5.41, 5.74) is 2.66. The molecule has 1 amide bonds. The molecule has 3 aromatic rings. The number of carbonyl (C=O) groups excluding carboxylic acids is 1. The molecule has 1 aromatic heterocycles. The van der Waals surface area contributed by atoms with Crippen LogP contribution in [-0.2, 0) is 17.9 Å². The van der Waals surface area contributed by atoms with E-state index in [2.05, 4.69) is 14.9 Å². The molecule has 3 heterocycles. The molecule has 0 saturated heterocycles. The number of aromatic nitrogens is 2. The summed E-state index contributed by atoms with van der Waals surface area (Å²) in [7, 11) is 0. The monoisotopic (exact) mass is 391 g/mol. The fraction of sp³-hybridized carbons (Fsp3) is 0.273. The lowest BCUT2D eigenvalue weighted by Crippen LogP contribution is -2.39. The van der Waals surface area contributed by atoms with Gasteiger partial charge < -0.3 is 24.1 Å². The van der Waals surface area contributed by atoms with Gasteiger partial charge in [0.2, 0.25) is 0 Å². The number of imidazole rings is 1. The third-order valence-electron chi connectivity index (χ3n) is 5.14. The van der Waals surface area contributed by atoms with Crippen molar-refractivity contribution in [2.45, 2.75) is 19.3 Å². The zero-order chi connectivity index (χ0) is 19.6. The number of nitrogens with zero attached hydrogens (tertiary/aromatic N) is 2. The molecule has 1 atom stereocenters. The lowest BCUT2D eigenvalue weighted by atomic mass is 10.1. The normalized spacial score (nSPS) is 17.4. The summed E-state index contributed by atoms with van der Waals surface area (Å²) in [5.74, 6) is 2.30. The van der Waals surface area contributed by atoms with E-state index in [1.165, 1.54) is 0 Å². The van der Waals surface area contributed by atoms with E-state index >= 15 is 0 Å². The van der Waals surface area contributed by atoms with Crippen molar-refractivity contribution < 1.29 is 19.0 Å². The second-order valence-electron chi connectivity index (χ2n) is 7.04. The van der Waals surface area contributed by atoms with Gasteiger partial charge in [0.25, 0.3) is 5.91 Å². The Hall–Kier alpha value is -3.32. The summed E-state index contributed by atoms with van der Waals surface area (Å²) >= 11 is 0. The number of amides is 1. The Morgan fingerprint density at radius 3 is 2.79 bits per heavy atom. The first-order valence-electron chi connectivity index (χ1n) is 9.67. The molecule has 1 N–H and O–H groups in total. The maximum absolute atomic E-state index is 12.3. The first-order chi connectivity index (χ1) is 14.3. The fourth-order valence-corrected chi connectivity index (χ4v) is 3.64. The molecule has 0 bridgehead atoms. The smallest absolute Gasteiger partial charge is 0.251 e. The Morgan fingerprint density at radius 2 is 1.93 bits per heavy atom. The molecule has 7 nitrogen and oxygen atoms in total. The number of benzene rings is 2. The summed E-state index contributed by atoms with van der Waals surface area (Å²) in [6.07, 6.45) is 1.73. The standard InChI is InChI=1S/C22H21N3O4/c26-22(15-4-2-1-3-5-15)24-11-17-13-25-18(12-23-21(25)14-29-17)16-6-7-19-20(10-16)28-9-8-27-19/h1-7,10,12,17H,8-9,11,13-14H2,(H,24,26)/t17-/m0/s1. The second-order valence-corrected chi connectivity index (χ2v) is 7.04. The fourth-order valence-electron chi connectivity index (χ4n) is 3.64. The molecule has 0 fully saturated rings. The first-order valence-corrected chi connectivity index (χ1v) is 9.67. The zero-order valence-corrected chi connectivity index (χ0v) is 15.8. The minimum atomic E-state index is -0.125. The Balaban J connectivity index is 1.31. The molecule has 2 aromatic carbocycles.